The smallest absolute Gasteiger partial charge is 0.257 e. The molecule has 0 unspecified atom stereocenters. The maximum absolute atomic E-state index is 12.5. The van der Waals surface area contributed by atoms with Crippen molar-refractivity contribution in [1.82, 2.24) is 9.80 Å². The summed E-state index contributed by atoms with van der Waals surface area (Å²) in [6.45, 7) is 8.43. The molecule has 3 rings (SSSR count). The second kappa shape index (κ2) is 6.20. The van der Waals surface area contributed by atoms with E-state index in [4.69, 9.17) is 9.15 Å². The van der Waals surface area contributed by atoms with Crippen LogP contribution in [-0.2, 0) is 4.74 Å². The van der Waals surface area contributed by atoms with E-state index in [-0.39, 0.29) is 11.3 Å². The molecule has 1 aromatic rings. The quantitative estimate of drug-likeness (QED) is 0.834. The fourth-order valence-corrected chi connectivity index (χ4v) is 3.55. The van der Waals surface area contributed by atoms with Crippen LogP contribution in [0.3, 0.4) is 0 Å². The summed E-state index contributed by atoms with van der Waals surface area (Å²) in [5.41, 5.74) is 0.735. The number of carbonyl (C=O) groups is 1. The van der Waals surface area contributed by atoms with E-state index in [0.717, 1.165) is 58.8 Å². The zero-order valence-corrected chi connectivity index (χ0v) is 12.7. The highest BCUT2D eigenvalue weighted by Crippen LogP contribution is 2.33. The molecule has 0 saturated carbocycles. The molecule has 2 aliphatic rings. The largest absolute Gasteiger partial charge is 0.472 e. The first-order chi connectivity index (χ1) is 10.2. The maximum Gasteiger partial charge on any atom is 0.257 e. The minimum absolute atomic E-state index is 0.0788. The summed E-state index contributed by atoms with van der Waals surface area (Å²) >= 11 is 0. The van der Waals surface area contributed by atoms with Crippen LogP contribution in [0.1, 0.15) is 30.1 Å². The number of nitrogens with zero attached hydrogens (tertiary/aromatic N) is 2. The van der Waals surface area contributed by atoms with Crippen LogP contribution in [0.4, 0.5) is 0 Å². The normalized spacial score (nSPS) is 27.8. The van der Waals surface area contributed by atoms with Crippen LogP contribution in [0, 0.1) is 5.41 Å². The molecule has 2 fully saturated rings. The van der Waals surface area contributed by atoms with Gasteiger partial charge in [-0.05, 0) is 25.5 Å². The number of hydrogen-bond acceptors (Lipinski definition) is 4. The summed E-state index contributed by atoms with van der Waals surface area (Å²) in [6, 6.07) is 1.74. The first-order valence-electron chi connectivity index (χ1n) is 7.84. The third-order valence-electron chi connectivity index (χ3n) is 4.68. The van der Waals surface area contributed by atoms with Gasteiger partial charge in [0, 0.05) is 31.6 Å². The molecule has 0 aliphatic carbocycles. The molecule has 5 heteroatoms. The molecule has 116 valence electrons. The Morgan fingerprint density at radius 3 is 3.05 bits per heavy atom. The van der Waals surface area contributed by atoms with Gasteiger partial charge in [0.05, 0.1) is 25.0 Å². The van der Waals surface area contributed by atoms with Gasteiger partial charge in [-0.15, -0.1) is 0 Å². The fourth-order valence-electron chi connectivity index (χ4n) is 3.55. The Balaban J connectivity index is 1.73. The highest BCUT2D eigenvalue weighted by molar-refractivity contribution is 5.93. The molecule has 0 radical (unpaired) electrons. The van der Waals surface area contributed by atoms with Crippen LogP contribution in [0.5, 0.6) is 0 Å². The van der Waals surface area contributed by atoms with Crippen molar-refractivity contribution in [2.75, 3.05) is 45.9 Å². The monoisotopic (exact) mass is 292 g/mol. The van der Waals surface area contributed by atoms with Crippen LogP contribution in [-0.4, -0.2) is 61.6 Å². The number of rotatable bonds is 2. The number of amides is 1. The molecule has 1 amide bonds. The van der Waals surface area contributed by atoms with E-state index in [0.29, 0.717) is 5.56 Å². The zero-order valence-electron chi connectivity index (χ0n) is 12.7. The number of carbonyl (C=O) groups excluding carboxylic acids is 1. The average molecular weight is 292 g/mol. The second-order valence-electron chi connectivity index (χ2n) is 6.26. The lowest BCUT2D eigenvalue weighted by molar-refractivity contribution is 0.00764. The molecule has 1 spiro atoms. The molecule has 1 atom stereocenters. The highest BCUT2D eigenvalue weighted by Gasteiger charge is 2.40. The van der Waals surface area contributed by atoms with Gasteiger partial charge in [0.2, 0.25) is 0 Å². The zero-order chi connectivity index (χ0) is 14.7. The first kappa shape index (κ1) is 14.6. The van der Waals surface area contributed by atoms with Crippen molar-refractivity contribution in [1.29, 1.82) is 0 Å². The standard InChI is InChI=1S/C16H24N2O3/c1-2-17-7-9-21-13-16(11-17)5-3-6-18(12-16)15(19)14-4-8-20-10-14/h4,8,10H,2-3,5-7,9,11-13H2,1H3/t16-/m1/s1. The topological polar surface area (TPSA) is 45.9 Å². The van der Waals surface area contributed by atoms with E-state index in [1.165, 1.54) is 6.26 Å². The number of hydrogen-bond donors (Lipinski definition) is 0. The third kappa shape index (κ3) is 3.14. The van der Waals surface area contributed by atoms with Gasteiger partial charge >= 0.3 is 0 Å². The van der Waals surface area contributed by atoms with E-state index < -0.39 is 0 Å². The van der Waals surface area contributed by atoms with Gasteiger partial charge in [-0.2, -0.15) is 0 Å². The van der Waals surface area contributed by atoms with Gasteiger partial charge in [-0.1, -0.05) is 6.92 Å². The van der Waals surface area contributed by atoms with E-state index in [1.54, 1.807) is 12.3 Å². The molecular formula is C16H24N2O3. The van der Waals surface area contributed by atoms with E-state index in [2.05, 4.69) is 11.8 Å². The van der Waals surface area contributed by atoms with E-state index in [9.17, 15) is 4.79 Å². The summed E-state index contributed by atoms with van der Waals surface area (Å²) in [6.07, 6.45) is 5.27. The Bertz CT molecular complexity index is 474. The van der Waals surface area contributed by atoms with Crippen molar-refractivity contribution in [3.63, 3.8) is 0 Å². The van der Waals surface area contributed by atoms with Crippen LogP contribution in [0.15, 0.2) is 23.0 Å². The summed E-state index contributed by atoms with van der Waals surface area (Å²) in [5.74, 6) is 0.0788. The molecule has 2 saturated heterocycles. The van der Waals surface area contributed by atoms with Crippen molar-refractivity contribution >= 4 is 5.91 Å². The van der Waals surface area contributed by atoms with Gasteiger partial charge in [0.15, 0.2) is 0 Å². The van der Waals surface area contributed by atoms with Crippen LogP contribution in [0.25, 0.3) is 0 Å². The summed E-state index contributed by atoms with van der Waals surface area (Å²) in [4.78, 5) is 16.9. The first-order valence-corrected chi connectivity index (χ1v) is 7.84. The predicted octanol–water partition coefficient (Wildman–Crippen LogP) is 1.85. The highest BCUT2D eigenvalue weighted by atomic mass is 16.5. The molecule has 2 aliphatic heterocycles. The minimum Gasteiger partial charge on any atom is -0.472 e. The molecule has 21 heavy (non-hydrogen) atoms. The molecule has 1 aromatic heterocycles. The summed E-state index contributed by atoms with van der Waals surface area (Å²) in [5, 5.41) is 0. The van der Waals surface area contributed by atoms with Crippen molar-refractivity contribution in [2.24, 2.45) is 5.41 Å². The lowest BCUT2D eigenvalue weighted by Crippen LogP contribution is -2.52. The lowest BCUT2D eigenvalue weighted by Gasteiger charge is -2.43. The van der Waals surface area contributed by atoms with Gasteiger partial charge in [0.25, 0.3) is 5.91 Å². The van der Waals surface area contributed by atoms with Gasteiger partial charge in [-0.3, -0.25) is 4.79 Å². The lowest BCUT2D eigenvalue weighted by atomic mass is 9.80. The second-order valence-corrected chi connectivity index (χ2v) is 6.26. The van der Waals surface area contributed by atoms with Crippen molar-refractivity contribution in [3.05, 3.63) is 24.2 Å². The van der Waals surface area contributed by atoms with Crippen molar-refractivity contribution in [2.45, 2.75) is 19.8 Å². The molecule has 3 heterocycles. The number of piperidine rings is 1. The van der Waals surface area contributed by atoms with E-state index in [1.807, 2.05) is 4.90 Å². The SMILES string of the molecule is CCN1CCOC[C@]2(CCCN(C(=O)c3ccoc3)C2)C1. The van der Waals surface area contributed by atoms with Crippen molar-refractivity contribution < 1.29 is 13.9 Å². The fraction of sp³-hybridized carbons (Fsp3) is 0.688. The van der Waals surface area contributed by atoms with Gasteiger partial charge < -0.3 is 19.0 Å². The summed E-state index contributed by atoms with van der Waals surface area (Å²) in [7, 11) is 0. The summed E-state index contributed by atoms with van der Waals surface area (Å²) < 4.78 is 10.9. The van der Waals surface area contributed by atoms with Crippen LogP contribution >= 0.6 is 0 Å². The molecular weight excluding hydrogens is 268 g/mol. The third-order valence-corrected chi connectivity index (χ3v) is 4.68. The van der Waals surface area contributed by atoms with Crippen molar-refractivity contribution in [3.8, 4) is 0 Å². The van der Waals surface area contributed by atoms with Gasteiger partial charge in [0.1, 0.15) is 6.26 Å². The molecule has 0 N–H and O–H groups in total. The number of likely N-dealkylation sites (N-methyl/N-ethyl adjacent to an activating group) is 1. The van der Waals surface area contributed by atoms with Crippen LogP contribution in [0.2, 0.25) is 0 Å². The Morgan fingerprint density at radius 1 is 1.38 bits per heavy atom. The maximum atomic E-state index is 12.5. The average Bonchev–Trinajstić information content (AvgIpc) is 2.97. The Hall–Kier alpha value is -1.33. The Morgan fingerprint density at radius 2 is 2.29 bits per heavy atom. The number of likely N-dealkylation sites (tertiary alicyclic amines) is 1. The Labute approximate surface area is 125 Å². The molecule has 0 aromatic carbocycles. The number of ether oxygens (including phenoxy) is 1. The number of furan rings is 1. The predicted molar refractivity (Wildman–Crippen MR) is 79.2 cm³/mol. The van der Waals surface area contributed by atoms with E-state index >= 15 is 0 Å². The Kier molecular flexibility index (Phi) is 4.31. The minimum atomic E-state index is 0.0788. The molecule has 5 nitrogen and oxygen atoms in total. The van der Waals surface area contributed by atoms with Gasteiger partial charge in [-0.25, -0.2) is 0 Å². The molecule has 0 bridgehead atoms. The van der Waals surface area contributed by atoms with Crippen LogP contribution < -0.4 is 0 Å².